The highest BCUT2D eigenvalue weighted by molar-refractivity contribution is 7.92. The van der Waals surface area contributed by atoms with Crippen molar-refractivity contribution in [1.82, 2.24) is 20.2 Å². The maximum Gasteiger partial charge on any atom is 0.181 e. The molecule has 1 heterocycles. The molecule has 2 aliphatic rings. The number of aromatic nitrogens is 4. The normalized spacial score (nSPS) is 18.8. The van der Waals surface area contributed by atoms with Crippen LogP contribution in [0, 0.1) is 0 Å². The molecule has 0 bridgehead atoms. The van der Waals surface area contributed by atoms with Gasteiger partial charge in [0.25, 0.3) is 0 Å². The molecule has 0 amide bonds. The molecule has 0 spiro atoms. The van der Waals surface area contributed by atoms with Gasteiger partial charge in [-0.15, -0.1) is 5.10 Å². The van der Waals surface area contributed by atoms with Crippen LogP contribution in [-0.4, -0.2) is 33.9 Å². The molecule has 24 heavy (non-hydrogen) atoms. The van der Waals surface area contributed by atoms with E-state index in [-0.39, 0.29) is 5.25 Å². The maximum absolute atomic E-state index is 12.7. The van der Waals surface area contributed by atoms with Crippen LogP contribution in [0.4, 0.5) is 5.69 Å². The van der Waals surface area contributed by atoms with Crippen LogP contribution in [0.15, 0.2) is 29.2 Å². The largest absolute Gasteiger partial charge is 0.378 e. The Kier molecular flexibility index (Phi) is 3.99. The van der Waals surface area contributed by atoms with Gasteiger partial charge in [-0.1, -0.05) is 18.9 Å². The van der Waals surface area contributed by atoms with Gasteiger partial charge in [0.2, 0.25) is 0 Å². The SMILES string of the molecule is O=S(=O)(c1cccc(NCc2nnnn2C2CC2)c1)C1CCCC1. The number of benzene rings is 1. The van der Waals surface area contributed by atoms with Gasteiger partial charge in [0.05, 0.1) is 22.7 Å². The molecule has 8 heteroatoms. The summed E-state index contributed by atoms with van der Waals surface area (Å²) in [6.45, 7) is 0.483. The molecule has 1 aromatic heterocycles. The average Bonchev–Trinajstić information content (AvgIpc) is 3.10. The summed E-state index contributed by atoms with van der Waals surface area (Å²) in [5.74, 6) is 0.779. The molecule has 1 aromatic carbocycles. The first-order valence-electron chi connectivity index (χ1n) is 8.49. The molecule has 2 aromatic rings. The Bertz CT molecular complexity index is 822. The van der Waals surface area contributed by atoms with Crippen LogP contribution < -0.4 is 5.32 Å². The van der Waals surface area contributed by atoms with E-state index in [9.17, 15) is 8.42 Å². The van der Waals surface area contributed by atoms with Gasteiger partial charge in [-0.05, 0) is 54.3 Å². The third kappa shape index (κ3) is 3.02. The van der Waals surface area contributed by atoms with Gasteiger partial charge in [-0.25, -0.2) is 13.1 Å². The molecule has 0 saturated heterocycles. The lowest BCUT2D eigenvalue weighted by Crippen LogP contribution is -2.18. The summed E-state index contributed by atoms with van der Waals surface area (Å²) in [6.07, 6.45) is 5.80. The Labute approximate surface area is 141 Å². The minimum Gasteiger partial charge on any atom is -0.378 e. The second kappa shape index (κ2) is 6.16. The van der Waals surface area contributed by atoms with Crippen molar-refractivity contribution in [3.63, 3.8) is 0 Å². The minimum atomic E-state index is -3.23. The van der Waals surface area contributed by atoms with E-state index in [2.05, 4.69) is 20.8 Å². The number of tetrazole rings is 1. The van der Waals surface area contributed by atoms with Crippen LogP contribution >= 0.6 is 0 Å². The van der Waals surface area contributed by atoms with Gasteiger partial charge in [-0.3, -0.25) is 0 Å². The number of nitrogens with one attached hydrogen (secondary N) is 1. The van der Waals surface area contributed by atoms with Crippen LogP contribution in [0.1, 0.15) is 50.4 Å². The quantitative estimate of drug-likeness (QED) is 0.862. The lowest BCUT2D eigenvalue weighted by molar-refractivity contribution is 0.579. The summed E-state index contributed by atoms with van der Waals surface area (Å²) in [5, 5.41) is 14.8. The summed E-state index contributed by atoms with van der Waals surface area (Å²) in [7, 11) is -3.23. The third-order valence-corrected chi connectivity index (χ3v) is 7.07. The highest BCUT2D eigenvalue weighted by Crippen LogP contribution is 2.34. The average molecular weight is 347 g/mol. The predicted molar refractivity (Wildman–Crippen MR) is 89.3 cm³/mol. The zero-order valence-electron chi connectivity index (χ0n) is 13.4. The molecule has 4 rings (SSSR count). The number of hydrogen-bond donors (Lipinski definition) is 1. The Hall–Kier alpha value is -1.96. The van der Waals surface area contributed by atoms with Gasteiger partial charge in [0.15, 0.2) is 15.7 Å². The van der Waals surface area contributed by atoms with Crippen LogP contribution in [0.5, 0.6) is 0 Å². The van der Waals surface area contributed by atoms with Crippen molar-refractivity contribution in [2.75, 3.05) is 5.32 Å². The summed E-state index contributed by atoms with van der Waals surface area (Å²) in [5.41, 5.74) is 0.777. The maximum atomic E-state index is 12.7. The Morgan fingerprint density at radius 2 is 1.96 bits per heavy atom. The molecule has 0 atom stereocenters. The molecule has 128 valence electrons. The first-order chi connectivity index (χ1) is 11.6. The van der Waals surface area contributed by atoms with Crippen molar-refractivity contribution in [3.8, 4) is 0 Å². The Morgan fingerprint density at radius 3 is 2.71 bits per heavy atom. The second-order valence-electron chi connectivity index (χ2n) is 6.60. The van der Waals surface area contributed by atoms with Crippen molar-refractivity contribution in [3.05, 3.63) is 30.1 Å². The van der Waals surface area contributed by atoms with Gasteiger partial charge >= 0.3 is 0 Å². The van der Waals surface area contributed by atoms with E-state index in [0.717, 1.165) is 50.0 Å². The fourth-order valence-electron chi connectivity index (χ4n) is 3.29. The zero-order valence-corrected chi connectivity index (χ0v) is 14.2. The molecule has 2 fully saturated rings. The Balaban J connectivity index is 1.49. The lowest BCUT2D eigenvalue weighted by Gasteiger charge is -2.13. The van der Waals surface area contributed by atoms with E-state index in [1.807, 2.05) is 10.7 Å². The fraction of sp³-hybridized carbons (Fsp3) is 0.562. The zero-order chi connectivity index (χ0) is 16.6. The van der Waals surface area contributed by atoms with Crippen LogP contribution in [0.25, 0.3) is 0 Å². The fourth-order valence-corrected chi connectivity index (χ4v) is 5.18. The molecular formula is C16H21N5O2S. The molecular weight excluding hydrogens is 326 g/mol. The van der Waals surface area contributed by atoms with E-state index in [1.54, 1.807) is 18.2 Å². The number of rotatable bonds is 6. The third-order valence-electron chi connectivity index (χ3n) is 4.81. The highest BCUT2D eigenvalue weighted by Gasteiger charge is 2.30. The summed E-state index contributed by atoms with van der Waals surface area (Å²) in [4.78, 5) is 0.404. The molecule has 2 aliphatic carbocycles. The Morgan fingerprint density at radius 1 is 1.17 bits per heavy atom. The number of anilines is 1. The molecule has 0 aliphatic heterocycles. The van der Waals surface area contributed by atoms with Crippen molar-refractivity contribution < 1.29 is 8.42 Å². The standard InChI is InChI=1S/C16H21N5O2S/c22-24(23,14-5-1-2-6-14)15-7-3-4-12(10-15)17-11-16-18-19-20-21(16)13-8-9-13/h3-4,7,10,13-14,17H,1-2,5-6,8-9,11H2. The van der Waals surface area contributed by atoms with E-state index < -0.39 is 9.84 Å². The van der Waals surface area contributed by atoms with E-state index in [4.69, 9.17) is 0 Å². The van der Waals surface area contributed by atoms with Gasteiger partial charge in [-0.2, -0.15) is 0 Å². The lowest BCUT2D eigenvalue weighted by atomic mass is 10.3. The summed E-state index contributed by atoms with van der Waals surface area (Å²) >= 11 is 0. The molecule has 0 unspecified atom stereocenters. The van der Waals surface area contributed by atoms with Crippen molar-refractivity contribution in [2.24, 2.45) is 0 Å². The minimum absolute atomic E-state index is 0.227. The number of hydrogen-bond acceptors (Lipinski definition) is 6. The van der Waals surface area contributed by atoms with Crippen LogP contribution in [0.2, 0.25) is 0 Å². The topological polar surface area (TPSA) is 89.8 Å². The smallest absolute Gasteiger partial charge is 0.181 e. The number of sulfone groups is 1. The first kappa shape index (κ1) is 15.6. The first-order valence-corrected chi connectivity index (χ1v) is 10.0. The van der Waals surface area contributed by atoms with Gasteiger partial charge in [0.1, 0.15) is 0 Å². The van der Waals surface area contributed by atoms with E-state index >= 15 is 0 Å². The molecule has 0 radical (unpaired) electrons. The monoisotopic (exact) mass is 347 g/mol. The van der Waals surface area contributed by atoms with Gasteiger partial charge in [0, 0.05) is 5.69 Å². The number of nitrogens with zero attached hydrogens (tertiary/aromatic N) is 4. The van der Waals surface area contributed by atoms with E-state index in [0.29, 0.717) is 17.5 Å². The molecule has 1 N–H and O–H groups in total. The van der Waals surface area contributed by atoms with Crippen LogP contribution in [0.3, 0.4) is 0 Å². The molecule has 2 saturated carbocycles. The summed E-state index contributed by atoms with van der Waals surface area (Å²) < 4.78 is 27.3. The summed E-state index contributed by atoms with van der Waals surface area (Å²) in [6, 6.07) is 7.49. The van der Waals surface area contributed by atoms with Crippen molar-refractivity contribution >= 4 is 15.5 Å². The highest BCUT2D eigenvalue weighted by atomic mass is 32.2. The van der Waals surface area contributed by atoms with Crippen molar-refractivity contribution in [1.29, 1.82) is 0 Å². The van der Waals surface area contributed by atoms with Gasteiger partial charge < -0.3 is 5.32 Å². The van der Waals surface area contributed by atoms with E-state index in [1.165, 1.54) is 0 Å². The second-order valence-corrected chi connectivity index (χ2v) is 8.83. The predicted octanol–water partition coefficient (Wildman–Crippen LogP) is 2.34. The molecule has 7 nitrogen and oxygen atoms in total. The van der Waals surface area contributed by atoms with Crippen molar-refractivity contribution in [2.45, 2.75) is 61.3 Å². The van der Waals surface area contributed by atoms with Crippen LogP contribution in [-0.2, 0) is 16.4 Å².